The van der Waals surface area contributed by atoms with Crippen LogP contribution in [0.2, 0.25) is 0 Å². The Bertz CT molecular complexity index is 490. The Morgan fingerprint density at radius 1 is 1.28 bits per heavy atom. The lowest BCUT2D eigenvalue weighted by molar-refractivity contribution is 0.638. The topological polar surface area (TPSA) is 42.7 Å². The number of anilines is 1. The highest BCUT2D eigenvalue weighted by atomic mass is 15.3. The Morgan fingerprint density at radius 3 is 2.89 bits per heavy atom. The molecule has 0 fully saturated rings. The highest BCUT2D eigenvalue weighted by Gasteiger charge is 2.03. The maximum absolute atomic E-state index is 4.16. The number of benzene rings is 1. The Morgan fingerprint density at radius 2 is 2.11 bits per heavy atom. The summed E-state index contributed by atoms with van der Waals surface area (Å²) in [5.74, 6) is 1.05. The first kappa shape index (κ1) is 12.6. The van der Waals surface area contributed by atoms with Crippen molar-refractivity contribution < 1.29 is 0 Å². The lowest BCUT2D eigenvalue weighted by Crippen LogP contribution is -2.10. The zero-order valence-corrected chi connectivity index (χ0v) is 11.1. The zero-order chi connectivity index (χ0) is 12.8. The van der Waals surface area contributed by atoms with Crippen LogP contribution in [0.25, 0.3) is 0 Å². The maximum Gasteiger partial charge on any atom is 0.134 e. The van der Waals surface area contributed by atoms with Crippen molar-refractivity contribution in [3.63, 3.8) is 0 Å². The maximum atomic E-state index is 4.16. The Labute approximate surface area is 108 Å². The number of aryl methyl sites for hydroxylation is 2. The molecule has 0 aliphatic rings. The predicted octanol–water partition coefficient (Wildman–Crippen LogP) is 2.65. The molecule has 1 aromatic carbocycles. The molecule has 1 N–H and O–H groups in total. The third-order valence-corrected chi connectivity index (χ3v) is 2.97. The fraction of sp³-hybridized carbons (Fsp3) is 0.429. The van der Waals surface area contributed by atoms with Gasteiger partial charge in [-0.15, -0.1) is 10.2 Å². The van der Waals surface area contributed by atoms with Crippen LogP contribution in [-0.4, -0.2) is 21.3 Å². The van der Waals surface area contributed by atoms with E-state index >= 15 is 0 Å². The molecule has 0 saturated carbocycles. The molecule has 0 radical (unpaired) electrons. The van der Waals surface area contributed by atoms with Crippen molar-refractivity contribution in [1.29, 1.82) is 0 Å². The molecule has 0 atom stereocenters. The van der Waals surface area contributed by atoms with Crippen LogP contribution in [0.3, 0.4) is 0 Å². The third kappa shape index (κ3) is 3.09. The van der Waals surface area contributed by atoms with E-state index in [4.69, 9.17) is 0 Å². The average Bonchev–Trinajstić information content (AvgIpc) is 2.80. The SMILES string of the molecule is CCCn1cnnc1CCNc1ccccc1C. The van der Waals surface area contributed by atoms with Gasteiger partial charge >= 0.3 is 0 Å². The highest BCUT2D eigenvalue weighted by molar-refractivity contribution is 5.50. The van der Waals surface area contributed by atoms with Crippen LogP contribution >= 0.6 is 0 Å². The molecule has 96 valence electrons. The second-order valence-corrected chi connectivity index (χ2v) is 4.43. The first-order chi connectivity index (χ1) is 8.81. The second kappa shape index (κ2) is 6.19. The van der Waals surface area contributed by atoms with Gasteiger partial charge in [-0.2, -0.15) is 0 Å². The smallest absolute Gasteiger partial charge is 0.134 e. The Hall–Kier alpha value is -1.84. The van der Waals surface area contributed by atoms with Crippen LogP contribution in [0, 0.1) is 6.92 Å². The van der Waals surface area contributed by atoms with E-state index in [9.17, 15) is 0 Å². The summed E-state index contributed by atoms with van der Waals surface area (Å²) in [5, 5.41) is 11.6. The Balaban J connectivity index is 1.88. The van der Waals surface area contributed by atoms with Gasteiger partial charge < -0.3 is 9.88 Å². The van der Waals surface area contributed by atoms with Crippen LogP contribution in [0.4, 0.5) is 5.69 Å². The van der Waals surface area contributed by atoms with Gasteiger partial charge in [-0.1, -0.05) is 25.1 Å². The zero-order valence-electron chi connectivity index (χ0n) is 11.1. The molecule has 0 unspecified atom stereocenters. The van der Waals surface area contributed by atoms with Gasteiger partial charge in [0.2, 0.25) is 0 Å². The first-order valence-corrected chi connectivity index (χ1v) is 6.47. The molecule has 1 heterocycles. The van der Waals surface area contributed by atoms with Crippen LogP contribution in [0.5, 0.6) is 0 Å². The van der Waals surface area contributed by atoms with Crippen molar-refractivity contribution >= 4 is 5.69 Å². The number of nitrogens with zero attached hydrogens (tertiary/aromatic N) is 3. The van der Waals surface area contributed by atoms with Gasteiger partial charge in [0.05, 0.1) is 0 Å². The van der Waals surface area contributed by atoms with E-state index in [2.05, 4.69) is 58.2 Å². The van der Waals surface area contributed by atoms with Crippen molar-refractivity contribution in [3.05, 3.63) is 42.0 Å². The van der Waals surface area contributed by atoms with Gasteiger partial charge in [-0.05, 0) is 25.0 Å². The predicted molar refractivity (Wildman–Crippen MR) is 73.7 cm³/mol. The van der Waals surface area contributed by atoms with Crippen LogP contribution in [-0.2, 0) is 13.0 Å². The van der Waals surface area contributed by atoms with E-state index < -0.39 is 0 Å². The molecule has 0 bridgehead atoms. The summed E-state index contributed by atoms with van der Waals surface area (Å²) in [4.78, 5) is 0. The van der Waals surface area contributed by atoms with E-state index in [-0.39, 0.29) is 0 Å². The molecular formula is C14H20N4. The van der Waals surface area contributed by atoms with E-state index in [1.54, 1.807) is 0 Å². The van der Waals surface area contributed by atoms with Crippen molar-refractivity contribution in [3.8, 4) is 0 Å². The largest absolute Gasteiger partial charge is 0.384 e. The van der Waals surface area contributed by atoms with Crippen LogP contribution < -0.4 is 5.32 Å². The van der Waals surface area contributed by atoms with Gasteiger partial charge in [0.25, 0.3) is 0 Å². The molecule has 0 saturated heterocycles. The van der Waals surface area contributed by atoms with Gasteiger partial charge in [0, 0.05) is 25.2 Å². The van der Waals surface area contributed by atoms with Gasteiger partial charge in [0.15, 0.2) is 0 Å². The minimum absolute atomic E-state index is 0.882. The molecule has 2 rings (SSSR count). The summed E-state index contributed by atoms with van der Waals surface area (Å²) < 4.78 is 2.12. The van der Waals surface area contributed by atoms with Crippen LogP contribution in [0.15, 0.2) is 30.6 Å². The average molecular weight is 244 g/mol. The lowest BCUT2D eigenvalue weighted by Gasteiger charge is -2.09. The standard InChI is InChI=1S/C14H20N4/c1-3-10-18-11-16-17-14(18)8-9-15-13-7-5-4-6-12(13)2/h4-7,11,15H,3,8-10H2,1-2H3. The molecule has 1 aromatic heterocycles. The second-order valence-electron chi connectivity index (χ2n) is 4.43. The quantitative estimate of drug-likeness (QED) is 0.849. The van der Waals surface area contributed by atoms with Gasteiger partial charge in [-0.25, -0.2) is 0 Å². The summed E-state index contributed by atoms with van der Waals surface area (Å²) in [6.07, 6.45) is 3.82. The number of rotatable bonds is 6. The molecule has 2 aromatic rings. The molecule has 4 heteroatoms. The van der Waals surface area contributed by atoms with Gasteiger partial charge in [-0.3, -0.25) is 0 Å². The van der Waals surface area contributed by atoms with Crippen molar-refractivity contribution in [2.75, 3.05) is 11.9 Å². The molecule has 0 spiro atoms. The van der Waals surface area contributed by atoms with Gasteiger partial charge in [0.1, 0.15) is 12.2 Å². The molecule has 0 amide bonds. The number of hydrogen-bond acceptors (Lipinski definition) is 3. The molecule has 18 heavy (non-hydrogen) atoms. The van der Waals surface area contributed by atoms with E-state index in [1.165, 1.54) is 11.3 Å². The molecular weight excluding hydrogens is 224 g/mol. The molecule has 0 aliphatic heterocycles. The monoisotopic (exact) mass is 244 g/mol. The lowest BCUT2D eigenvalue weighted by atomic mass is 10.2. The van der Waals surface area contributed by atoms with E-state index in [0.717, 1.165) is 31.8 Å². The normalized spacial score (nSPS) is 10.6. The minimum Gasteiger partial charge on any atom is -0.384 e. The summed E-state index contributed by atoms with van der Waals surface area (Å²) in [6.45, 7) is 6.15. The number of aromatic nitrogens is 3. The first-order valence-electron chi connectivity index (χ1n) is 6.47. The molecule has 0 aliphatic carbocycles. The summed E-state index contributed by atoms with van der Waals surface area (Å²) >= 11 is 0. The minimum atomic E-state index is 0.882. The van der Waals surface area contributed by atoms with E-state index in [1.807, 2.05) is 6.33 Å². The van der Waals surface area contributed by atoms with Crippen molar-refractivity contribution in [2.24, 2.45) is 0 Å². The molecule has 4 nitrogen and oxygen atoms in total. The fourth-order valence-corrected chi connectivity index (χ4v) is 1.98. The summed E-state index contributed by atoms with van der Waals surface area (Å²) in [6, 6.07) is 8.32. The van der Waals surface area contributed by atoms with E-state index in [0.29, 0.717) is 0 Å². The number of hydrogen-bond donors (Lipinski definition) is 1. The summed E-state index contributed by atoms with van der Waals surface area (Å²) in [7, 11) is 0. The summed E-state index contributed by atoms with van der Waals surface area (Å²) in [5.41, 5.74) is 2.46. The number of nitrogens with one attached hydrogen (secondary N) is 1. The van der Waals surface area contributed by atoms with Crippen molar-refractivity contribution in [2.45, 2.75) is 33.2 Å². The van der Waals surface area contributed by atoms with Crippen LogP contribution in [0.1, 0.15) is 24.7 Å². The third-order valence-electron chi connectivity index (χ3n) is 2.97. The number of para-hydroxylation sites is 1. The van der Waals surface area contributed by atoms with Crippen molar-refractivity contribution in [1.82, 2.24) is 14.8 Å². The highest BCUT2D eigenvalue weighted by Crippen LogP contribution is 2.12. The fourth-order valence-electron chi connectivity index (χ4n) is 1.98. The Kier molecular flexibility index (Phi) is 4.34.